The summed E-state index contributed by atoms with van der Waals surface area (Å²) >= 11 is 0. The molecule has 2 N–H and O–H groups in total. The zero-order valence-electron chi connectivity index (χ0n) is 28.1. The van der Waals surface area contributed by atoms with E-state index in [0.29, 0.717) is 32.1 Å². The van der Waals surface area contributed by atoms with Gasteiger partial charge in [0, 0.05) is 27.6 Å². The van der Waals surface area contributed by atoms with E-state index in [2.05, 4.69) is 104 Å². The third-order valence-corrected chi connectivity index (χ3v) is 12.3. The zero-order chi connectivity index (χ0) is 32.2. The summed E-state index contributed by atoms with van der Waals surface area (Å²) < 4.78 is 0. The van der Waals surface area contributed by atoms with Crippen molar-refractivity contribution in [1.29, 1.82) is 0 Å². The summed E-state index contributed by atoms with van der Waals surface area (Å²) in [5.41, 5.74) is -2.27. The lowest BCUT2D eigenvalue weighted by Crippen LogP contribution is -2.75. The Hall–Kier alpha value is -2.70. The molecule has 2 aromatic rings. The standard InChI is InChI=1S/C37H54N2O4/c1-32(2)23-28(24-33(3,4)38(32)9)37(30(40)41,31(42)43)29-25-34(5,6)39(10)35(7,8)36(29,21-26-17-13-11-14-18-26)22-27-19-15-12-16-20-27/h11-20,28-29H,21-25H2,1-10H3,(H,40,41)(H,42,43). The van der Waals surface area contributed by atoms with Crippen molar-refractivity contribution >= 4 is 11.9 Å². The quantitative estimate of drug-likeness (QED) is 0.322. The fourth-order valence-corrected chi connectivity index (χ4v) is 9.32. The van der Waals surface area contributed by atoms with Crippen LogP contribution in [-0.4, -0.2) is 68.2 Å². The number of carboxylic acid groups (broad SMARTS) is 2. The number of aliphatic carboxylic acids is 2. The maximum Gasteiger partial charge on any atom is 0.321 e. The summed E-state index contributed by atoms with van der Waals surface area (Å²) in [5.74, 6) is -3.62. The van der Waals surface area contributed by atoms with Crippen molar-refractivity contribution in [2.75, 3.05) is 14.1 Å². The lowest BCUT2D eigenvalue weighted by atomic mass is 9.43. The first-order valence-electron chi connectivity index (χ1n) is 15.8. The van der Waals surface area contributed by atoms with Gasteiger partial charge in [-0.2, -0.15) is 0 Å². The largest absolute Gasteiger partial charge is 0.480 e. The lowest BCUT2D eigenvalue weighted by Gasteiger charge is -2.68. The molecule has 0 bridgehead atoms. The van der Waals surface area contributed by atoms with Gasteiger partial charge in [-0.3, -0.25) is 19.4 Å². The topological polar surface area (TPSA) is 81.1 Å². The lowest BCUT2D eigenvalue weighted by molar-refractivity contribution is -0.218. The van der Waals surface area contributed by atoms with Crippen molar-refractivity contribution in [3.63, 3.8) is 0 Å². The molecule has 2 aromatic carbocycles. The second kappa shape index (κ2) is 11.0. The third kappa shape index (κ3) is 5.33. The van der Waals surface area contributed by atoms with Crippen molar-refractivity contribution in [1.82, 2.24) is 9.80 Å². The van der Waals surface area contributed by atoms with E-state index in [9.17, 15) is 19.8 Å². The molecule has 6 nitrogen and oxygen atoms in total. The van der Waals surface area contributed by atoms with Crippen LogP contribution in [-0.2, 0) is 22.4 Å². The summed E-state index contributed by atoms with van der Waals surface area (Å²) in [5, 5.41) is 22.9. The monoisotopic (exact) mass is 590 g/mol. The first kappa shape index (κ1) is 33.2. The number of nitrogens with zero attached hydrogens (tertiary/aromatic N) is 2. The molecular formula is C37H54N2O4. The zero-order valence-corrected chi connectivity index (χ0v) is 28.1. The Balaban J connectivity index is 2.10. The Morgan fingerprint density at radius 1 is 0.674 bits per heavy atom. The van der Waals surface area contributed by atoms with Crippen LogP contribution in [0.5, 0.6) is 0 Å². The highest BCUT2D eigenvalue weighted by Gasteiger charge is 2.72. The second-order valence-electron chi connectivity index (χ2n) is 15.9. The minimum atomic E-state index is -1.99. The van der Waals surface area contributed by atoms with Gasteiger partial charge in [0.25, 0.3) is 0 Å². The molecule has 0 spiro atoms. The molecule has 2 heterocycles. The number of hydrogen-bond donors (Lipinski definition) is 2. The molecule has 1 atom stereocenters. The van der Waals surface area contributed by atoms with E-state index < -0.39 is 45.7 Å². The Kier molecular flexibility index (Phi) is 8.51. The average molecular weight is 591 g/mol. The molecule has 43 heavy (non-hydrogen) atoms. The van der Waals surface area contributed by atoms with Gasteiger partial charge in [-0.25, -0.2) is 0 Å². The van der Waals surface area contributed by atoms with Gasteiger partial charge in [0.2, 0.25) is 0 Å². The fourth-order valence-electron chi connectivity index (χ4n) is 9.32. The molecule has 0 aromatic heterocycles. The van der Waals surface area contributed by atoms with Gasteiger partial charge in [-0.15, -0.1) is 0 Å². The van der Waals surface area contributed by atoms with Crippen molar-refractivity contribution in [2.45, 2.75) is 110 Å². The van der Waals surface area contributed by atoms with E-state index in [1.54, 1.807) is 0 Å². The highest BCUT2D eigenvalue weighted by molar-refractivity contribution is 5.99. The maximum atomic E-state index is 14.1. The van der Waals surface area contributed by atoms with Crippen LogP contribution in [0.2, 0.25) is 0 Å². The van der Waals surface area contributed by atoms with Gasteiger partial charge in [0.1, 0.15) is 0 Å². The van der Waals surface area contributed by atoms with Gasteiger partial charge in [0.15, 0.2) is 5.41 Å². The minimum absolute atomic E-state index is 0.374. The Bertz CT molecular complexity index is 1240. The molecule has 2 saturated heterocycles. The van der Waals surface area contributed by atoms with Gasteiger partial charge < -0.3 is 10.2 Å². The molecule has 2 fully saturated rings. The van der Waals surface area contributed by atoms with Crippen molar-refractivity contribution < 1.29 is 19.8 Å². The van der Waals surface area contributed by atoms with Crippen LogP contribution in [0.15, 0.2) is 60.7 Å². The number of carbonyl (C=O) groups is 2. The molecule has 236 valence electrons. The molecule has 2 aliphatic rings. The number of benzene rings is 2. The van der Waals surface area contributed by atoms with Crippen LogP contribution in [0.1, 0.15) is 85.8 Å². The van der Waals surface area contributed by atoms with E-state index in [-0.39, 0.29) is 11.1 Å². The average Bonchev–Trinajstić information content (AvgIpc) is 2.90. The van der Waals surface area contributed by atoms with Gasteiger partial charge in [0.05, 0.1) is 0 Å². The summed E-state index contributed by atoms with van der Waals surface area (Å²) in [4.78, 5) is 32.8. The number of carboxylic acids is 2. The molecule has 0 amide bonds. The minimum Gasteiger partial charge on any atom is -0.480 e. The molecule has 1 unspecified atom stereocenters. The first-order chi connectivity index (χ1) is 19.8. The summed E-state index contributed by atoms with van der Waals surface area (Å²) in [7, 11) is 4.21. The number of likely N-dealkylation sites (tertiary alicyclic amines) is 2. The van der Waals surface area contributed by atoms with Crippen LogP contribution in [0, 0.1) is 22.7 Å². The third-order valence-electron chi connectivity index (χ3n) is 12.3. The van der Waals surface area contributed by atoms with E-state index >= 15 is 0 Å². The van der Waals surface area contributed by atoms with E-state index in [4.69, 9.17) is 0 Å². The van der Waals surface area contributed by atoms with E-state index in [0.717, 1.165) is 11.1 Å². The molecule has 6 heteroatoms. The van der Waals surface area contributed by atoms with Gasteiger partial charge >= 0.3 is 11.9 Å². The Morgan fingerprint density at radius 3 is 1.42 bits per heavy atom. The summed E-state index contributed by atoms with van der Waals surface area (Å²) in [6.07, 6.45) is 2.58. The van der Waals surface area contributed by atoms with Crippen LogP contribution in [0.3, 0.4) is 0 Å². The van der Waals surface area contributed by atoms with Crippen LogP contribution in [0.4, 0.5) is 0 Å². The van der Waals surface area contributed by atoms with E-state index in [1.165, 1.54) is 0 Å². The van der Waals surface area contributed by atoms with Gasteiger partial charge in [-0.1, -0.05) is 60.7 Å². The molecule has 4 rings (SSSR count). The fraction of sp³-hybridized carbons (Fsp3) is 0.622. The summed E-state index contributed by atoms with van der Waals surface area (Å²) in [6.45, 7) is 17.2. The number of rotatable bonds is 8. The normalized spacial score (nSPS) is 25.2. The highest BCUT2D eigenvalue weighted by Crippen LogP contribution is 2.64. The number of hydrogen-bond acceptors (Lipinski definition) is 4. The molecule has 0 aliphatic carbocycles. The molecule has 0 saturated carbocycles. The van der Waals surface area contributed by atoms with Gasteiger partial charge in [-0.05, 0) is 125 Å². The van der Waals surface area contributed by atoms with Crippen LogP contribution < -0.4 is 0 Å². The van der Waals surface area contributed by atoms with Crippen molar-refractivity contribution in [2.24, 2.45) is 22.7 Å². The van der Waals surface area contributed by atoms with Crippen LogP contribution >= 0.6 is 0 Å². The SMILES string of the molecule is CN1C(C)(C)CC(C(C(=O)O)(C(=O)O)C2CC(C)(C)N(C)C(C)(C)C2(Cc2ccccc2)Cc2ccccc2)CC1(C)C. The van der Waals surface area contributed by atoms with E-state index in [1.807, 2.05) is 36.4 Å². The van der Waals surface area contributed by atoms with Crippen molar-refractivity contribution in [3.05, 3.63) is 71.8 Å². The molecule has 0 radical (unpaired) electrons. The second-order valence-corrected chi connectivity index (χ2v) is 15.9. The maximum absolute atomic E-state index is 14.1. The predicted octanol–water partition coefficient (Wildman–Crippen LogP) is 7.02. The molecular weight excluding hydrogens is 536 g/mol. The Labute approximate surface area is 259 Å². The highest BCUT2D eigenvalue weighted by atomic mass is 16.4. The smallest absolute Gasteiger partial charge is 0.321 e. The van der Waals surface area contributed by atoms with Crippen molar-refractivity contribution in [3.8, 4) is 0 Å². The summed E-state index contributed by atoms with van der Waals surface area (Å²) in [6, 6.07) is 20.5. The van der Waals surface area contributed by atoms with Crippen LogP contribution in [0.25, 0.3) is 0 Å². The molecule has 2 aliphatic heterocycles. The Morgan fingerprint density at radius 2 is 1.05 bits per heavy atom. The number of piperidine rings is 2. The first-order valence-corrected chi connectivity index (χ1v) is 15.8. The predicted molar refractivity (Wildman–Crippen MR) is 173 cm³/mol.